The highest BCUT2D eigenvalue weighted by atomic mass is 16.3. The van der Waals surface area contributed by atoms with Crippen LogP contribution in [-0.4, -0.2) is 16.3 Å². The Labute approximate surface area is 91.6 Å². The zero-order valence-electron chi connectivity index (χ0n) is 9.32. The van der Waals surface area contributed by atoms with Crippen molar-refractivity contribution >= 4 is 0 Å². The summed E-state index contributed by atoms with van der Waals surface area (Å²) in [6, 6.07) is 7.10. The van der Waals surface area contributed by atoms with Gasteiger partial charge in [-0.3, -0.25) is 0 Å². The Morgan fingerprint density at radius 3 is 2.73 bits per heavy atom. The predicted octanol–water partition coefficient (Wildman–Crippen LogP) is 2.88. The molecule has 0 fully saturated rings. The SMILES string of the molecule is CCCCCC(O)Cc1cccc(O)c1. The molecular formula is C13H20O2. The molecule has 0 aromatic heterocycles. The van der Waals surface area contributed by atoms with Gasteiger partial charge in [-0.25, -0.2) is 0 Å². The average Bonchev–Trinajstić information content (AvgIpc) is 2.18. The summed E-state index contributed by atoms with van der Waals surface area (Å²) in [7, 11) is 0. The summed E-state index contributed by atoms with van der Waals surface area (Å²) in [5.74, 6) is 0.272. The van der Waals surface area contributed by atoms with Crippen LogP contribution in [0.4, 0.5) is 0 Å². The molecule has 2 heteroatoms. The van der Waals surface area contributed by atoms with Gasteiger partial charge in [0.25, 0.3) is 0 Å². The van der Waals surface area contributed by atoms with Crippen LogP contribution in [0.5, 0.6) is 5.75 Å². The highest BCUT2D eigenvalue weighted by molar-refractivity contribution is 5.27. The summed E-state index contributed by atoms with van der Waals surface area (Å²) in [5.41, 5.74) is 0.999. The first kappa shape index (κ1) is 12.1. The van der Waals surface area contributed by atoms with Crippen LogP contribution >= 0.6 is 0 Å². The second kappa shape index (κ2) is 6.46. The van der Waals surface area contributed by atoms with Gasteiger partial charge in [0.15, 0.2) is 0 Å². The summed E-state index contributed by atoms with van der Waals surface area (Å²) in [4.78, 5) is 0. The first-order valence-electron chi connectivity index (χ1n) is 5.68. The van der Waals surface area contributed by atoms with Crippen molar-refractivity contribution in [3.63, 3.8) is 0 Å². The van der Waals surface area contributed by atoms with Gasteiger partial charge in [-0.2, -0.15) is 0 Å². The van der Waals surface area contributed by atoms with E-state index in [1.807, 2.05) is 12.1 Å². The second-order valence-electron chi connectivity index (χ2n) is 4.02. The van der Waals surface area contributed by atoms with Crippen molar-refractivity contribution in [2.75, 3.05) is 0 Å². The maximum absolute atomic E-state index is 9.74. The maximum atomic E-state index is 9.74. The van der Waals surface area contributed by atoms with Gasteiger partial charge < -0.3 is 10.2 Å². The Morgan fingerprint density at radius 2 is 2.07 bits per heavy atom. The largest absolute Gasteiger partial charge is 0.508 e. The Morgan fingerprint density at radius 1 is 1.27 bits per heavy atom. The lowest BCUT2D eigenvalue weighted by Gasteiger charge is -2.10. The van der Waals surface area contributed by atoms with Crippen LogP contribution in [0.1, 0.15) is 38.2 Å². The quantitative estimate of drug-likeness (QED) is 0.706. The normalized spacial score (nSPS) is 12.7. The fourth-order valence-corrected chi connectivity index (χ4v) is 1.69. The van der Waals surface area contributed by atoms with Crippen LogP contribution in [-0.2, 0) is 6.42 Å². The van der Waals surface area contributed by atoms with E-state index in [0.717, 1.165) is 18.4 Å². The van der Waals surface area contributed by atoms with Gasteiger partial charge in [-0.15, -0.1) is 0 Å². The summed E-state index contributed by atoms with van der Waals surface area (Å²) in [5, 5.41) is 19.0. The fourth-order valence-electron chi connectivity index (χ4n) is 1.69. The van der Waals surface area contributed by atoms with Gasteiger partial charge in [-0.05, 0) is 30.5 Å². The van der Waals surface area contributed by atoms with Crippen LogP contribution in [0.3, 0.4) is 0 Å². The van der Waals surface area contributed by atoms with Crippen molar-refractivity contribution in [1.82, 2.24) is 0 Å². The summed E-state index contributed by atoms with van der Waals surface area (Å²) in [6.07, 6.45) is 4.65. The lowest BCUT2D eigenvalue weighted by Crippen LogP contribution is -2.09. The van der Waals surface area contributed by atoms with Crippen LogP contribution in [0.15, 0.2) is 24.3 Å². The number of aliphatic hydroxyl groups excluding tert-OH is 1. The number of hydrogen-bond donors (Lipinski definition) is 2. The number of unbranched alkanes of at least 4 members (excludes halogenated alkanes) is 2. The molecule has 0 aliphatic rings. The molecule has 0 aliphatic heterocycles. The zero-order chi connectivity index (χ0) is 11.1. The van der Waals surface area contributed by atoms with E-state index in [1.165, 1.54) is 12.8 Å². The molecule has 0 spiro atoms. The second-order valence-corrected chi connectivity index (χ2v) is 4.02. The van der Waals surface area contributed by atoms with Crippen molar-refractivity contribution in [3.8, 4) is 5.75 Å². The molecule has 0 aliphatic carbocycles. The fraction of sp³-hybridized carbons (Fsp3) is 0.538. The lowest BCUT2D eigenvalue weighted by molar-refractivity contribution is 0.161. The van der Waals surface area contributed by atoms with Crippen molar-refractivity contribution < 1.29 is 10.2 Å². The molecule has 15 heavy (non-hydrogen) atoms. The third kappa shape index (κ3) is 4.84. The van der Waals surface area contributed by atoms with E-state index in [0.29, 0.717) is 6.42 Å². The molecule has 0 radical (unpaired) electrons. The molecule has 0 amide bonds. The monoisotopic (exact) mass is 208 g/mol. The van der Waals surface area contributed by atoms with Crippen molar-refractivity contribution in [3.05, 3.63) is 29.8 Å². The maximum Gasteiger partial charge on any atom is 0.115 e. The van der Waals surface area contributed by atoms with Gasteiger partial charge in [-0.1, -0.05) is 38.3 Å². The van der Waals surface area contributed by atoms with Gasteiger partial charge in [0.05, 0.1) is 6.10 Å². The van der Waals surface area contributed by atoms with Crippen LogP contribution < -0.4 is 0 Å². The van der Waals surface area contributed by atoms with Crippen LogP contribution in [0.2, 0.25) is 0 Å². The van der Waals surface area contributed by atoms with Crippen LogP contribution in [0.25, 0.3) is 0 Å². The number of benzene rings is 1. The number of rotatable bonds is 6. The molecule has 2 nitrogen and oxygen atoms in total. The van der Waals surface area contributed by atoms with E-state index in [1.54, 1.807) is 12.1 Å². The van der Waals surface area contributed by atoms with Gasteiger partial charge in [0.1, 0.15) is 5.75 Å². The topological polar surface area (TPSA) is 40.5 Å². The minimum atomic E-state index is -0.279. The summed E-state index contributed by atoms with van der Waals surface area (Å²) in [6.45, 7) is 2.15. The molecular weight excluding hydrogens is 188 g/mol. The molecule has 1 atom stereocenters. The van der Waals surface area contributed by atoms with Crippen LogP contribution in [0, 0.1) is 0 Å². The van der Waals surface area contributed by atoms with Gasteiger partial charge >= 0.3 is 0 Å². The molecule has 0 saturated heterocycles. The Kier molecular flexibility index (Phi) is 5.19. The highest BCUT2D eigenvalue weighted by Gasteiger charge is 2.05. The lowest BCUT2D eigenvalue weighted by atomic mass is 10.0. The molecule has 1 rings (SSSR count). The average molecular weight is 208 g/mol. The van der Waals surface area contributed by atoms with Crippen molar-refractivity contribution in [1.29, 1.82) is 0 Å². The Bertz CT molecular complexity index is 284. The number of phenolic OH excluding ortho intramolecular Hbond substituents is 1. The van der Waals surface area contributed by atoms with E-state index in [9.17, 15) is 10.2 Å². The van der Waals surface area contributed by atoms with E-state index < -0.39 is 0 Å². The van der Waals surface area contributed by atoms with E-state index in [2.05, 4.69) is 6.92 Å². The third-order valence-corrected chi connectivity index (χ3v) is 2.52. The minimum absolute atomic E-state index is 0.272. The predicted molar refractivity (Wildman–Crippen MR) is 62.0 cm³/mol. The van der Waals surface area contributed by atoms with E-state index in [-0.39, 0.29) is 11.9 Å². The van der Waals surface area contributed by atoms with E-state index >= 15 is 0 Å². The summed E-state index contributed by atoms with van der Waals surface area (Å²) >= 11 is 0. The van der Waals surface area contributed by atoms with Gasteiger partial charge in [0.2, 0.25) is 0 Å². The Balaban J connectivity index is 2.34. The molecule has 1 aromatic rings. The molecule has 0 heterocycles. The molecule has 2 N–H and O–H groups in total. The molecule has 0 bridgehead atoms. The standard InChI is InChI=1S/C13H20O2/c1-2-3-4-7-12(14)9-11-6-5-8-13(15)10-11/h5-6,8,10,12,14-15H,2-4,7,9H2,1H3. The third-order valence-electron chi connectivity index (χ3n) is 2.52. The zero-order valence-corrected chi connectivity index (χ0v) is 9.32. The van der Waals surface area contributed by atoms with Gasteiger partial charge in [0, 0.05) is 0 Å². The Hall–Kier alpha value is -1.02. The van der Waals surface area contributed by atoms with Crippen molar-refractivity contribution in [2.24, 2.45) is 0 Å². The highest BCUT2D eigenvalue weighted by Crippen LogP contribution is 2.14. The number of hydrogen-bond acceptors (Lipinski definition) is 2. The van der Waals surface area contributed by atoms with Crippen molar-refractivity contribution in [2.45, 2.75) is 45.1 Å². The molecule has 0 saturated carbocycles. The minimum Gasteiger partial charge on any atom is -0.508 e. The first-order valence-corrected chi connectivity index (χ1v) is 5.68. The molecule has 1 unspecified atom stereocenters. The number of aliphatic hydroxyl groups is 1. The smallest absolute Gasteiger partial charge is 0.115 e. The molecule has 1 aromatic carbocycles. The number of phenols is 1. The number of aromatic hydroxyl groups is 1. The summed E-state index contributed by atoms with van der Waals surface area (Å²) < 4.78 is 0. The first-order chi connectivity index (χ1) is 7.22. The molecule has 84 valence electrons. The van der Waals surface area contributed by atoms with E-state index in [4.69, 9.17) is 0 Å².